The zero-order chi connectivity index (χ0) is 18.5. The highest BCUT2D eigenvalue weighted by Gasteiger charge is 2.11. The van der Waals surface area contributed by atoms with Crippen LogP contribution in [0.4, 0.5) is 0 Å². The van der Waals surface area contributed by atoms with E-state index in [4.69, 9.17) is 4.42 Å². The summed E-state index contributed by atoms with van der Waals surface area (Å²) in [6, 6.07) is 23.0. The average Bonchev–Trinajstić information content (AvgIpc) is 3.34. The molecule has 0 amide bonds. The van der Waals surface area contributed by atoms with Crippen molar-refractivity contribution >= 4 is 10.9 Å². The summed E-state index contributed by atoms with van der Waals surface area (Å²) in [7, 11) is 0. The number of hydrogen-bond acceptors (Lipinski definition) is 2. The van der Waals surface area contributed by atoms with E-state index in [-0.39, 0.29) is 0 Å². The van der Waals surface area contributed by atoms with Gasteiger partial charge in [0.2, 0.25) is 0 Å². The molecule has 0 spiro atoms. The van der Waals surface area contributed by atoms with Gasteiger partial charge in [-0.05, 0) is 43.1 Å². The second-order valence-corrected chi connectivity index (χ2v) is 7.02. The lowest BCUT2D eigenvalue weighted by molar-refractivity contribution is 0.248. The molecule has 2 heterocycles. The third kappa shape index (κ3) is 4.15. The van der Waals surface area contributed by atoms with Crippen molar-refractivity contribution < 1.29 is 4.42 Å². The average molecular weight is 358 g/mol. The summed E-state index contributed by atoms with van der Waals surface area (Å²) in [5, 5.41) is 1.33. The summed E-state index contributed by atoms with van der Waals surface area (Å²) < 4.78 is 6.11. The lowest BCUT2D eigenvalue weighted by Crippen LogP contribution is -2.26. The number of aromatic amines is 1. The van der Waals surface area contributed by atoms with Crippen molar-refractivity contribution in [1.82, 2.24) is 9.88 Å². The molecule has 0 aliphatic carbocycles. The zero-order valence-corrected chi connectivity index (χ0v) is 15.8. The molecule has 27 heavy (non-hydrogen) atoms. The highest BCUT2D eigenvalue weighted by Crippen LogP contribution is 2.23. The van der Waals surface area contributed by atoms with E-state index in [0.717, 1.165) is 49.6 Å². The van der Waals surface area contributed by atoms with Gasteiger partial charge in [0.1, 0.15) is 11.5 Å². The maximum atomic E-state index is 6.11. The molecule has 0 saturated carbocycles. The van der Waals surface area contributed by atoms with Gasteiger partial charge in [-0.15, -0.1) is 0 Å². The fraction of sp³-hybridized carbons (Fsp3) is 0.250. The number of furan rings is 1. The van der Waals surface area contributed by atoms with Crippen molar-refractivity contribution in [2.24, 2.45) is 0 Å². The van der Waals surface area contributed by atoms with Crippen LogP contribution in [-0.2, 0) is 13.0 Å². The van der Waals surface area contributed by atoms with Crippen molar-refractivity contribution in [2.45, 2.75) is 26.3 Å². The largest absolute Gasteiger partial charge is 0.460 e. The molecule has 3 nitrogen and oxygen atoms in total. The molecule has 0 unspecified atom stereocenters. The number of nitrogens with zero attached hydrogens (tertiary/aromatic N) is 1. The molecule has 0 aliphatic rings. The predicted molar refractivity (Wildman–Crippen MR) is 112 cm³/mol. The van der Waals surface area contributed by atoms with Crippen molar-refractivity contribution in [3.8, 4) is 11.3 Å². The SMILES string of the molecule is CCCN(CCc1c[nH]c2ccccc12)Cc1ccc(-c2ccccc2)o1. The Labute approximate surface area is 160 Å². The van der Waals surface area contributed by atoms with Crippen LogP contribution in [0.3, 0.4) is 0 Å². The molecule has 4 rings (SSSR count). The second kappa shape index (κ2) is 8.28. The lowest BCUT2D eigenvalue weighted by Gasteiger charge is -2.20. The fourth-order valence-electron chi connectivity index (χ4n) is 3.64. The van der Waals surface area contributed by atoms with Gasteiger partial charge in [-0.1, -0.05) is 55.5 Å². The summed E-state index contributed by atoms with van der Waals surface area (Å²) in [5.41, 5.74) is 3.73. The summed E-state index contributed by atoms with van der Waals surface area (Å²) in [4.78, 5) is 5.86. The van der Waals surface area contributed by atoms with E-state index >= 15 is 0 Å². The summed E-state index contributed by atoms with van der Waals surface area (Å²) >= 11 is 0. The molecular weight excluding hydrogens is 332 g/mol. The van der Waals surface area contributed by atoms with E-state index in [1.807, 2.05) is 18.2 Å². The number of hydrogen-bond donors (Lipinski definition) is 1. The fourth-order valence-corrected chi connectivity index (χ4v) is 3.64. The number of para-hydroxylation sites is 1. The molecule has 0 aliphatic heterocycles. The number of aromatic nitrogens is 1. The van der Waals surface area contributed by atoms with Gasteiger partial charge in [-0.25, -0.2) is 0 Å². The van der Waals surface area contributed by atoms with Gasteiger partial charge in [-0.2, -0.15) is 0 Å². The first kappa shape index (κ1) is 17.6. The molecule has 0 atom stereocenters. The molecule has 4 aromatic rings. The van der Waals surface area contributed by atoms with Crippen molar-refractivity contribution in [1.29, 1.82) is 0 Å². The number of fused-ring (bicyclic) bond motifs is 1. The van der Waals surface area contributed by atoms with Gasteiger partial charge in [0.25, 0.3) is 0 Å². The monoisotopic (exact) mass is 358 g/mol. The molecule has 0 radical (unpaired) electrons. The highest BCUT2D eigenvalue weighted by atomic mass is 16.3. The zero-order valence-electron chi connectivity index (χ0n) is 15.8. The van der Waals surface area contributed by atoms with Crippen molar-refractivity contribution in [2.75, 3.05) is 13.1 Å². The van der Waals surface area contributed by atoms with E-state index in [2.05, 4.69) is 71.5 Å². The minimum atomic E-state index is 0.850. The van der Waals surface area contributed by atoms with Gasteiger partial charge >= 0.3 is 0 Å². The topological polar surface area (TPSA) is 32.2 Å². The van der Waals surface area contributed by atoms with Crippen LogP contribution >= 0.6 is 0 Å². The maximum Gasteiger partial charge on any atom is 0.134 e. The molecular formula is C24H26N2O. The van der Waals surface area contributed by atoms with Gasteiger partial charge in [-0.3, -0.25) is 4.90 Å². The molecule has 3 heteroatoms. The summed E-state index contributed by atoms with van der Waals surface area (Å²) in [5.74, 6) is 1.97. The number of H-pyrrole nitrogens is 1. The Bertz CT molecular complexity index is 984. The molecule has 2 aromatic heterocycles. The van der Waals surface area contributed by atoms with Crippen LogP contribution in [0.2, 0.25) is 0 Å². The molecule has 0 bridgehead atoms. The van der Waals surface area contributed by atoms with Gasteiger partial charge in [0.05, 0.1) is 6.54 Å². The van der Waals surface area contributed by atoms with E-state index in [1.54, 1.807) is 0 Å². The van der Waals surface area contributed by atoms with E-state index in [1.165, 1.54) is 16.5 Å². The molecule has 0 saturated heterocycles. The summed E-state index contributed by atoms with van der Waals surface area (Å²) in [6.45, 7) is 5.18. The summed E-state index contributed by atoms with van der Waals surface area (Å²) in [6.07, 6.45) is 4.32. The van der Waals surface area contributed by atoms with Crippen molar-refractivity contribution in [3.63, 3.8) is 0 Å². The molecule has 138 valence electrons. The Kier molecular flexibility index (Phi) is 5.40. The smallest absolute Gasteiger partial charge is 0.134 e. The minimum Gasteiger partial charge on any atom is -0.460 e. The van der Waals surface area contributed by atoms with Crippen LogP contribution in [0.1, 0.15) is 24.7 Å². The van der Waals surface area contributed by atoms with Crippen LogP contribution in [0.5, 0.6) is 0 Å². The number of nitrogens with one attached hydrogen (secondary N) is 1. The predicted octanol–water partition coefficient (Wildman–Crippen LogP) is 5.88. The van der Waals surface area contributed by atoms with E-state index in [9.17, 15) is 0 Å². The van der Waals surface area contributed by atoms with Gasteiger partial charge in [0.15, 0.2) is 0 Å². The third-order valence-corrected chi connectivity index (χ3v) is 5.01. The van der Waals surface area contributed by atoms with Crippen LogP contribution in [-0.4, -0.2) is 23.0 Å². The van der Waals surface area contributed by atoms with Crippen LogP contribution in [0.25, 0.3) is 22.2 Å². The first-order valence-electron chi connectivity index (χ1n) is 9.75. The standard InChI is InChI=1S/C24H26N2O/c1-2-15-26(16-14-20-17-25-23-11-7-6-10-22(20)23)18-21-12-13-24(27-21)19-8-4-3-5-9-19/h3-13,17,25H,2,14-16,18H2,1H3. The van der Waals surface area contributed by atoms with Gasteiger partial charge in [0, 0.05) is 29.2 Å². The minimum absolute atomic E-state index is 0.850. The Hall–Kier alpha value is -2.78. The second-order valence-electron chi connectivity index (χ2n) is 7.02. The number of rotatable bonds is 8. The van der Waals surface area contributed by atoms with Crippen LogP contribution in [0, 0.1) is 0 Å². The van der Waals surface area contributed by atoms with Gasteiger partial charge < -0.3 is 9.40 Å². The first-order valence-corrected chi connectivity index (χ1v) is 9.75. The van der Waals surface area contributed by atoms with E-state index < -0.39 is 0 Å². The quantitative estimate of drug-likeness (QED) is 0.426. The normalized spacial score (nSPS) is 11.5. The van der Waals surface area contributed by atoms with Crippen LogP contribution in [0.15, 0.2) is 77.3 Å². The third-order valence-electron chi connectivity index (χ3n) is 5.01. The molecule has 1 N–H and O–H groups in total. The highest BCUT2D eigenvalue weighted by molar-refractivity contribution is 5.83. The van der Waals surface area contributed by atoms with E-state index in [0.29, 0.717) is 0 Å². The van der Waals surface area contributed by atoms with Crippen LogP contribution < -0.4 is 0 Å². The Balaban J connectivity index is 1.43. The Morgan fingerprint density at radius 2 is 1.70 bits per heavy atom. The maximum absolute atomic E-state index is 6.11. The van der Waals surface area contributed by atoms with Crippen molar-refractivity contribution in [3.05, 3.63) is 84.3 Å². The Morgan fingerprint density at radius 3 is 2.56 bits per heavy atom. The first-order chi connectivity index (χ1) is 13.3. The molecule has 0 fully saturated rings. The lowest BCUT2D eigenvalue weighted by atomic mass is 10.1. The molecule has 2 aromatic carbocycles. The number of benzene rings is 2. The Morgan fingerprint density at radius 1 is 0.889 bits per heavy atom.